The van der Waals surface area contributed by atoms with Gasteiger partial charge in [0.05, 0.1) is 18.1 Å². The Balaban J connectivity index is 2.55. The number of isocyanates is 1. The molecule has 0 saturated heterocycles. The zero-order valence-corrected chi connectivity index (χ0v) is 6.73. The van der Waals surface area contributed by atoms with E-state index in [2.05, 4.69) is 15.0 Å². The van der Waals surface area contributed by atoms with Crippen LogP contribution >= 0.6 is 0 Å². The van der Waals surface area contributed by atoms with Gasteiger partial charge in [-0.25, -0.2) is 9.78 Å². The van der Waals surface area contributed by atoms with Gasteiger partial charge in [-0.3, -0.25) is 4.79 Å². The molecule has 0 aromatic carbocycles. The normalized spacial score (nSPS) is 11.8. The summed E-state index contributed by atoms with van der Waals surface area (Å²) in [7, 11) is 0. The van der Waals surface area contributed by atoms with E-state index in [1.165, 1.54) is 6.33 Å². The number of carbonyl (C=O) groups is 1. The van der Waals surface area contributed by atoms with Gasteiger partial charge in [-0.2, -0.15) is 0 Å². The largest absolute Gasteiger partial charge is 0.351 e. The number of imidazole rings is 1. The molecule has 6 heteroatoms. The molecule has 6 nitrogen and oxygen atoms in total. The Kier molecular flexibility index (Phi) is 3.08. The third-order valence-electron chi connectivity index (χ3n) is 1.46. The van der Waals surface area contributed by atoms with Gasteiger partial charge in [-0.05, 0) is 0 Å². The number of aromatic nitrogens is 2. The minimum absolute atomic E-state index is 0.257. The molecule has 68 valence electrons. The number of rotatable bonds is 3. The molecule has 1 aromatic rings. The molecule has 0 aliphatic heterocycles. The zero-order valence-electron chi connectivity index (χ0n) is 6.73. The van der Waals surface area contributed by atoms with Gasteiger partial charge in [0.25, 0.3) is 5.91 Å². The van der Waals surface area contributed by atoms with E-state index < -0.39 is 11.9 Å². The smallest absolute Gasteiger partial charge is 0.273 e. The lowest BCUT2D eigenvalue weighted by molar-refractivity contribution is -0.118. The molecule has 0 unspecified atom stereocenters. The van der Waals surface area contributed by atoms with Gasteiger partial charge in [-0.15, -0.1) is 4.99 Å². The number of hydrogen-bond donors (Lipinski definition) is 2. The first kappa shape index (κ1) is 9.31. The van der Waals surface area contributed by atoms with Crippen LogP contribution < -0.4 is 5.73 Å². The Hall–Kier alpha value is -1.78. The van der Waals surface area contributed by atoms with E-state index in [1.54, 1.807) is 6.20 Å². The van der Waals surface area contributed by atoms with Crippen LogP contribution in [0.1, 0.15) is 5.69 Å². The number of amides is 1. The van der Waals surface area contributed by atoms with E-state index in [1.807, 2.05) is 0 Å². The highest BCUT2D eigenvalue weighted by atomic mass is 16.2. The van der Waals surface area contributed by atoms with Gasteiger partial charge in [-0.1, -0.05) is 0 Å². The molecule has 1 atom stereocenters. The maximum atomic E-state index is 10.9. The highest BCUT2D eigenvalue weighted by Crippen LogP contribution is 1.97. The van der Waals surface area contributed by atoms with Crippen molar-refractivity contribution in [1.82, 2.24) is 9.97 Å². The Morgan fingerprint density at radius 1 is 1.85 bits per heavy atom. The second kappa shape index (κ2) is 4.30. The van der Waals surface area contributed by atoms with Crippen LogP contribution in [0, 0.1) is 0 Å². The summed E-state index contributed by atoms with van der Waals surface area (Å²) in [6.07, 6.45) is 4.51. The van der Waals surface area contributed by atoms with Crippen molar-refractivity contribution in [3.8, 4) is 0 Å². The van der Waals surface area contributed by atoms with Gasteiger partial charge in [0.2, 0.25) is 6.08 Å². The molecule has 0 fully saturated rings. The summed E-state index contributed by atoms with van der Waals surface area (Å²) in [5, 5.41) is 0. The minimum Gasteiger partial charge on any atom is -0.351 e. The van der Waals surface area contributed by atoms with Crippen LogP contribution in [0.15, 0.2) is 17.5 Å². The van der Waals surface area contributed by atoms with E-state index in [-0.39, 0.29) is 6.42 Å². The van der Waals surface area contributed by atoms with Crippen LogP contribution in [0.5, 0.6) is 0 Å². The average molecular weight is 180 g/mol. The van der Waals surface area contributed by atoms with Crippen molar-refractivity contribution in [2.24, 2.45) is 10.7 Å². The molecule has 3 N–H and O–H groups in total. The van der Waals surface area contributed by atoms with Crippen LogP contribution in [0.25, 0.3) is 0 Å². The number of nitrogens with two attached hydrogens (primary N) is 1. The topological polar surface area (TPSA) is 101 Å². The number of nitrogens with one attached hydrogen (secondary N) is 1. The summed E-state index contributed by atoms with van der Waals surface area (Å²) in [6.45, 7) is 0. The van der Waals surface area contributed by atoms with Crippen molar-refractivity contribution in [1.29, 1.82) is 0 Å². The predicted octanol–water partition coefficient (Wildman–Crippen LogP) is -0.858. The summed E-state index contributed by atoms with van der Waals surface area (Å²) in [5.74, 6) is -0.682. The van der Waals surface area contributed by atoms with Crippen molar-refractivity contribution >= 4 is 12.0 Å². The van der Waals surface area contributed by atoms with Gasteiger partial charge >= 0.3 is 0 Å². The first-order valence-electron chi connectivity index (χ1n) is 3.59. The molecule has 1 aromatic heterocycles. The number of aliphatic imine (C=N–C) groups is 1. The van der Waals surface area contributed by atoms with E-state index in [9.17, 15) is 9.59 Å². The molecule has 0 bridgehead atoms. The molecule has 0 radical (unpaired) electrons. The first-order chi connectivity index (χ1) is 6.24. The Labute approximate surface area is 73.9 Å². The van der Waals surface area contributed by atoms with Crippen LogP contribution in [0.4, 0.5) is 0 Å². The predicted molar refractivity (Wildman–Crippen MR) is 43.4 cm³/mol. The van der Waals surface area contributed by atoms with Crippen molar-refractivity contribution in [2.75, 3.05) is 0 Å². The molecule has 0 spiro atoms. The highest BCUT2D eigenvalue weighted by Gasteiger charge is 2.13. The SMILES string of the molecule is N[C@@H](Cc1c[nH]cn1)C(=O)N=C=O. The summed E-state index contributed by atoms with van der Waals surface area (Å²) in [5.41, 5.74) is 6.07. The van der Waals surface area contributed by atoms with Crippen molar-refractivity contribution in [2.45, 2.75) is 12.5 Å². The summed E-state index contributed by atoms with van der Waals surface area (Å²) in [4.78, 5) is 30.1. The highest BCUT2D eigenvalue weighted by molar-refractivity contribution is 5.86. The Morgan fingerprint density at radius 2 is 2.62 bits per heavy atom. The van der Waals surface area contributed by atoms with E-state index in [0.717, 1.165) is 6.08 Å². The molecule has 1 rings (SSSR count). The molecule has 13 heavy (non-hydrogen) atoms. The fourth-order valence-corrected chi connectivity index (χ4v) is 0.843. The van der Waals surface area contributed by atoms with Gasteiger partial charge in [0.1, 0.15) is 0 Å². The molecule has 1 heterocycles. The lowest BCUT2D eigenvalue weighted by atomic mass is 10.2. The number of aromatic amines is 1. The summed E-state index contributed by atoms with van der Waals surface area (Å²) < 4.78 is 0. The van der Waals surface area contributed by atoms with Crippen LogP contribution in [-0.2, 0) is 16.0 Å². The monoisotopic (exact) mass is 180 g/mol. The minimum atomic E-state index is -0.829. The molecule has 0 saturated carbocycles. The number of carbonyl (C=O) groups excluding carboxylic acids is 2. The number of nitrogens with zero attached hydrogens (tertiary/aromatic N) is 2. The second-order valence-corrected chi connectivity index (χ2v) is 2.41. The molecule has 0 aliphatic carbocycles. The quantitative estimate of drug-likeness (QED) is 0.466. The van der Waals surface area contributed by atoms with E-state index >= 15 is 0 Å². The third-order valence-corrected chi connectivity index (χ3v) is 1.46. The molecular weight excluding hydrogens is 172 g/mol. The fraction of sp³-hybridized carbons (Fsp3) is 0.286. The van der Waals surface area contributed by atoms with Gasteiger partial charge in [0, 0.05) is 12.6 Å². The van der Waals surface area contributed by atoms with Crippen LogP contribution in [-0.4, -0.2) is 28.0 Å². The van der Waals surface area contributed by atoms with Gasteiger partial charge < -0.3 is 10.7 Å². The summed E-state index contributed by atoms with van der Waals surface area (Å²) in [6, 6.07) is -0.829. The average Bonchev–Trinajstić information content (AvgIpc) is 2.57. The van der Waals surface area contributed by atoms with Crippen molar-refractivity contribution in [3.63, 3.8) is 0 Å². The zero-order chi connectivity index (χ0) is 9.68. The number of H-pyrrole nitrogens is 1. The van der Waals surface area contributed by atoms with E-state index in [4.69, 9.17) is 5.73 Å². The molecule has 0 aliphatic rings. The Bertz CT molecular complexity index is 326. The fourth-order valence-electron chi connectivity index (χ4n) is 0.843. The lowest BCUT2D eigenvalue weighted by Gasteiger charge is -2.02. The van der Waals surface area contributed by atoms with Crippen molar-refractivity contribution < 1.29 is 9.59 Å². The number of hydrogen-bond acceptors (Lipinski definition) is 4. The standard InChI is InChI=1S/C7H8N4O2/c8-6(7(13)11-4-12)1-5-2-9-3-10-5/h2-3,6H,1,8H2,(H,9,10)/t6-/m0/s1. The maximum absolute atomic E-state index is 10.9. The maximum Gasteiger partial charge on any atom is 0.273 e. The first-order valence-corrected chi connectivity index (χ1v) is 3.59. The van der Waals surface area contributed by atoms with Gasteiger partial charge in [0.15, 0.2) is 0 Å². The van der Waals surface area contributed by atoms with Crippen LogP contribution in [0.3, 0.4) is 0 Å². The van der Waals surface area contributed by atoms with Crippen molar-refractivity contribution in [3.05, 3.63) is 18.2 Å². The summed E-state index contributed by atoms with van der Waals surface area (Å²) >= 11 is 0. The second-order valence-electron chi connectivity index (χ2n) is 2.41. The Morgan fingerprint density at radius 3 is 3.15 bits per heavy atom. The van der Waals surface area contributed by atoms with Crippen LogP contribution in [0.2, 0.25) is 0 Å². The third kappa shape index (κ3) is 2.62. The van der Waals surface area contributed by atoms with E-state index in [0.29, 0.717) is 5.69 Å². The molecule has 1 amide bonds. The molecular formula is C7H8N4O2. The lowest BCUT2D eigenvalue weighted by Crippen LogP contribution is -2.31.